The Labute approximate surface area is 176 Å². The van der Waals surface area contributed by atoms with E-state index in [1.165, 1.54) is 0 Å². The zero-order valence-electron chi connectivity index (χ0n) is 17.7. The summed E-state index contributed by atoms with van der Waals surface area (Å²) in [5, 5.41) is 3.92. The van der Waals surface area contributed by atoms with Crippen molar-refractivity contribution in [2.24, 2.45) is 0 Å². The third-order valence-electron chi connectivity index (χ3n) is 4.80. The fraction of sp³-hybridized carbons (Fsp3) is 0.333. The number of fused-ring (bicyclic) bond motifs is 1. The van der Waals surface area contributed by atoms with E-state index in [1.54, 1.807) is 0 Å². The van der Waals surface area contributed by atoms with Gasteiger partial charge in [-0.05, 0) is 35.1 Å². The smallest absolute Gasteiger partial charge is 0.344 e. The van der Waals surface area contributed by atoms with Gasteiger partial charge >= 0.3 is 5.97 Å². The molecule has 0 aliphatic heterocycles. The molecule has 3 aromatic rings. The van der Waals surface area contributed by atoms with Gasteiger partial charge in [0.25, 0.3) is 5.91 Å². The highest BCUT2D eigenvalue weighted by Crippen LogP contribution is 2.30. The lowest BCUT2D eigenvalue weighted by molar-refractivity contribution is -0.150. The van der Waals surface area contributed by atoms with Crippen LogP contribution >= 0.6 is 0 Å². The fourth-order valence-electron chi connectivity index (χ4n) is 3.26. The van der Waals surface area contributed by atoms with E-state index in [2.05, 4.69) is 31.1 Å². The molecule has 158 valence electrons. The number of hydrogen-bond donors (Lipinski definition) is 2. The van der Waals surface area contributed by atoms with Gasteiger partial charge in [-0.2, -0.15) is 0 Å². The first-order valence-corrected chi connectivity index (χ1v) is 10.0. The fourth-order valence-corrected chi connectivity index (χ4v) is 3.26. The van der Waals surface area contributed by atoms with Crippen molar-refractivity contribution in [2.75, 3.05) is 19.8 Å². The number of para-hydroxylation sites is 2. The van der Waals surface area contributed by atoms with E-state index in [0.29, 0.717) is 18.7 Å². The summed E-state index contributed by atoms with van der Waals surface area (Å²) in [7, 11) is 0. The maximum atomic E-state index is 12.0. The van der Waals surface area contributed by atoms with Crippen molar-refractivity contribution in [3.05, 3.63) is 65.9 Å². The van der Waals surface area contributed by atoms with Crippen LogP contribution in [0.3, 0.4) is 0 Å². The molecule has 0 fully saturated rings. The molecule has 0 aliphatic rings. The molecule has 0 bridgehead atoms. The van der Waals surface area contributed by atoms with E-state index in [4.69, 9.17) is 9.47 Å². The molecular weight excluding hydrogens is 380 g/mol. The number of aromatic amines is 1. The summed E-state index contributed by atoms with van der Waals surface area (Å²) in [4.78, 5) is 27.1. The number of aromatic nitrogens is 1. The van der Waals surface area contributed by atoms with E-state index >= 15 is 0 Å². The number of rotatable bonds is 8. The molecule has 0 saturated carbocycles. The molecule has 0 radical (unpaired) electrons. The highest BCUT2D eigenvalue weighted by atomic mass is 16.6. The predicted molar refractivity (Wildman–Crippen MR) is 117 cm³/mol. The Hall–Kier alpha value is -3.28. The van der Waals surface area contributed by atoms with Crippen LogP contribution in [0.15, 0.2) is 54.7 Å². The highest BCUT2D eigenvalue weighted by Gasteiger charge is 2.19. The number of hydrogen-bond acceptors (Lipinski definition) is 4. The molecule has 0 spiro atoms. The molecule has 0 saturated heterocycles. The van der Waals surface area contributed by atoms with E-state index in [0.717, 1.165) is 22.0 Å². The van der Waals surface area contributed by atoms with Crippen molar-refractivity contribution in [2.45, 2.75) is 32.6 Å². The van der Waals surface area contributed by atoms with Gasteiger partial charge in [0.1, 0.15) is 5.75 Å². The van der Waals surface area contributed by atoms with Gasteiger partial charge in [-0.15, -0.1) is 0 Å². The summed E-state index contributed by atoms with van der Waals surface area (Å²) in [5.41, 5.74) is 3.10. The van der Waals surface area contributed by atoms with E-state index in [9.17, 15) is 9.59 Å². The number of nitrogens with one attached hydrogen (secondary N) is 2. The second-order valence-corrected chi connectivity index (χ2v) is 8.15. The molecule has 1 heterocycles. The minimum Gasteiger partial charge on any atom is -0.482 e. The van der Waals surface area contributed by atoms with Gasteiger partial charge in [0.15, 0.2) is 13.2 Å². The lowest BCUT2D eigenvalue weighted by atomic mass is 9.86. The van der Waals surface area contributed by atoms with E-state index in [-0.39, 0.29) is 24.5 Å². The normalized spacial score (nSPS) is 11.3. The Balaban J connectivity index is 1.39. The maximum absolute atomic E-state index is 12.0. The van der Waals surface area contributed by atoms with Gasteiger partial charge in [-0.25, -0.2) is 4.79 Å². The Bertz CT molecular complexity index is 1020. The number of amides is 1. The van der Waals surface area contributed by atoms with Crippen LogP contribution in [-0.4, -0.2) is 36.6 Å². The average Bonchev–Trinajstić information content (AvgIpc) is 3.13. The standard InChI is InChI=1S/C24H28N2O4/c1-24(2,3)19-9-5-7-11-21(19)29-16-23(28)30-15-22(27)25-13-12-17-14-26-20-10-6-4-8-18(17)20/h4-11,14,26H,12-13,15-16H2,1-3H3,(H,25,27). The van der Waals surface area contributed by atoms with Crippen molar-refractivity contribution >= 4 is 22.8 Å². The summed E-state index contributed by atoms with van der Waals surface area (Å²) in [6, 6.07) is 15.6. The molecular formula is C24H28N2O4. The number of H-pyrrole nitrogens is 1. The summed E-state index contributed by atoms with van der Waals surface area (Å²) in [6.07, 6.45) is 2.64. The Kier molecular flexibility index (Phi) is 6.77. The quantitative estimate of drug-likeness (QED) is 0.557. The summed E-state index contributed by atoms with van der Waals surface area (Å²) in [5.74, 6) is -0.270. The number of carbonyl (C=O) groups excluding carboxylic acids is 2. The van der Waals surface area contributed by atoms with Crippen molar-refractivity contribution in [1.29, 1.82) is 0 Å². The zero-order chi connectivity index (χ0) is 21.6. The summed E-state index contributed by atoms with van der Waals surface area (Å²) >= 11 is 0. The molecule has 0 atom stereocenters. The monoisotopic (exact) mass is 408 g/mol. The minimum absolute atomic E-state index is 0.106. The minimum atomic E-state index is -0.578. The summed E-state index contributed by atoms with van der Waals surface area (Å²) in [6.45, 7) is 6.14. The second kappa shape index (κ2) is 9.48. The van der Waals surface area contributed by atoms with Crippen molar-refractivity contribution in [3.63, 3.8) is 0 Å². The lowest BCUT2D eigenvalue weighted by Gasteiger charge is -2.22. The molecule has 2 N–H and O–H groups in total. The number of ether oxygens (including phenoxy) is 2. The van der Waals surface area contributed by atoms with E-state index in [1.807, 2.05) is 54.7 Å². The Morgan fingerprint density at radius 1 is 1.00 bits per heavy atom. The molecule has 0 aliphatic carbocycles. The molecule has 3 rings (SSSR count). The highest BCUT2D eigenvalue weighted by molar-refractivity contribution is 5.83. The maximum Gasteiger partial charge on any atom is 0.344 e. The first-order valence-electron chi connectivity index (χ1n) is 10.0. The second-order valence-electron chi connectivity index (χ2n) is 8.15. The first-order chi connectivity index (χ1) is 14.3. The van der Waals surface area contributed by atoms with Gasteiger partial charge in [0.2, 0.25) is 0 Å². The molecule has 1 amide bonds. The van der Waals surface area contributed by atoms with Crippen LogP contribution in [0.1, 0.15) is 31.9 Å². The molecule has 1 aromatic heterocycles. The molecule has 6 heteroatoms. The predicted octanol–water partition coefficient (Wildman–Crippen LogP) is 3.75. The molecule has 30 heavy (non-hydrogen) atoms. The van der Waals surface area contributed by atoms with Crippen molar-refractivity contribution < 1.29 is 19.1 Å². The third kappa shape index (κ3) is 5.63. The van der Waals surface area contributed by atoms with Gasteiger partial charge < -0.3 is 19.8 Å². The van der Waals surface area contributed by atoms with Gasteiger partial charge in [-0.3, -0.25) is 4.79 Å². The van der Waals surface area contributed by atoms with Crippen LogP contribution in [0.5, 0.6) is 5.75 Å². The first kappa shape index (κ1) is 21.4. The number of carbonyl (C=O) groups is 2. The molecule has 2 aromatic carbocycles. The van der Waals surface area contributed by atoms with Crippen LogP contribution in [0, 0.1) is 0 Å². The van der Waals surface area contributed by atoms with Gasteiger partial charge in [-0.1, -0.05) is 57.2 Å². The largest absolute Gasteiger partial charge is 0.482 e. The molecule has 0 unspecified atom stereocenters. The SMILES string of the molecule is CC(C)(C)c1ccccc1OCC(=O)OCC(=O)NCCc1c[nH]c2ccccc12. The number of esters is 1. The zero-order valence-corrected chi connectivity index (χ0v) is 17.7. The van der Waals surface area contributed by atoms with Crippen molar-refractivity contribution in [3.8, 4) is 5.75 Å². The van der Waals surface area contributed by atoms with Gasteiger partial charge in [0, 0.05) is 23.6 Å². The van der Waals surface area contributed by atoms with Crippen LogP contribution in [0.25, 0.3) is 10.9 Å². The van der Waals surface area contributed by atoms with Crippen molar-refractivity contribution in [1.82, 2.24) is 10.3 Å². The van der Waals surface area contributed by atoms with Crippen LogP contribution in [0.2, 0.25) is 0 Å². The van der Waals surface area contributed by atoms with Crippen LogP contribution < -0.4 is 10.1 Å². The Morgan fingerprint density at radius 3 is 2.53 bits per heavy atom. The Morgan fingerprint density at radius 2 is 1.73 bits per heavy atom. The van der Waals surface area contributed by atoms with Gasteiger partial charge in [0.05, 0.1) is 0 Å². The van der Waals surface area contributed by atoms with E-state index < -0.39 is 5.97 Å². The van der Waals surface area contributed by atoms with Crippen LogP contribution in [0.4, 0.5) is 0 Å². The summed E-state index contributed by atoms with van der Waals surface area (Å²) < 4.78 is 10.6. The lowest BCUT2D eigenvalue weighted by Crippen LogP contribution is -2.31. The average molecular weight is 408 g/mol. The topological polar surface area (TPSA) is 80.4 Å². The third-order valence-corrected chi connectivity index (χ3v) is 4.80. The molecule has 6 nitrogen and oxygen atoms in total. The number of benzene rings is 2. The van der Waals surface area contributed by atoms with Crippen LogP contribution in [-0.2, 0) is 26.2 Å².